The Kier molecular flexibility index (Phi) is 4.48. The van der Waals surface area contributed by atoms with Crippen LogP contribution in [0.25, 0.3) is 0 Å². The van der Waals surface area contributed by atoms with Crippen molar-refractivity contribution in [2.45, 2.75) is 38.0 Å². The fourth-order valence-electron chi connectivity index (χ4n) is 2.72. The minimum absolute atomic E-state index is 0.107. The predicted molar refractivity (Wildman–Crippen MR) is 77.9 cm³/mol. The zero-order chi connectivity index (χ0) is 13.9. The molecule has 1 aliphatic heterocycles. The van der Waals surface area contributed by atoms with Gasteiger partial charge in [-0.05, 0) is 36.9 Å². The van der Waals surface area contributed by atoms with Crippen molar-refractivity contribution in [3.05, 3.63) is 29.3 Å². The van der Waals surface area contributed by atoms with E-state index in [0.717, 1.165) is 38.3 Å². The third kappa shape index (κ3) is 2.77. The normalized spacial score (nSPS) is 17.3. The Hall–Kier alpha value is -1.06. The van der Waals surface area contributed by atoms with Gasteiger partial charge in [0.25, 0.3) is 0 Å². The highest BCUT2D eigenvalue weighted by Gasteiger charge is 2.41. The van der Waals surface area contributed by atoms with Gasteiger partial charge in [0.05, 0.1) is 20.3 Å². The highest BCUT2D eigenvalue weighted by Crippen LogP contribution is 2.42. The molecule has 0 atom stereocenters. The van der Waals surface area contributed by atoms with Crippen LogP contribution in [0.2, 0.25) is 0 Å². The maximum Gasteiger partial charge on any atom is 0.122 e. The van der Waals surface area contributed by atoms with Crippen LogP contribution in [0.3, 0.4) is 0 Å². The first-order chi connectivity index (χ1) is 9.13. The Morgan fingerprint density at radius 2 is 2.11 bits per heavy atom. The molecule has 19 heavy (non-hydrogen) atoms. The number of hydrogen-bond donors (Lipinski definition) is 1. The molecular weight excluding hydrogens is 238 g/mol. The lowest BCUT2D eigenvalue weighted by molar-refractivity contribution is -0.0658. The Bertz CT molecular complexity index is 425. The van der Waals surface area contributed by atoms with Crippen molar-refractivity contribution in [3.63, 3.8) is 0 Å². The van der Waals surface area contributed by atoms with Crippen molar-refractivity contribution in [1.82, 2.24) is 0 Å². The van der Waals surface area contributed by atoms with Gasteiger partial charge >= 0.3 is 0 Å². The van der Waals surface area contributed by atoms with Gasteiger partial charge in [-0.2, -0.15) is 0 Å². The lowest BCUT2D eigenvalue weighted by Gasteiger charge is -2.43. The molecule has 0 radical (unpaired) electrons. The van der Waals surface area contributed by atoms with Crippen LogP contribution in [0.5, 0.6) is 5.75 Å². The van der Waals surface area contributed by atoms with Crippen molar-refractivity contribution < 1.29 is 9.47 Å². The minimum Gasteiger partial charge on any atom is -0.496 e. The van der Waals surface area contributed by atoms with Gasteiger partial charge in [-0.1, -0.05) is 26.0 Å². The second kappa shape index (κ2) is 5.93. The monoisotopic (exact) mass is 263 g/mol. The van der Waals surface area contributed by atoms with Crippen LogP contribution in [0.1, 0.15) is 43.7 Å². The van der Waals surface area contributed by atoms with Crippen LogP contribution in [0, 0.1) is 0 Å². The molecule has 1 saturated heterocycles. The predicted octanol–water partition coefficient (Wildman–Crippen LogP) is 2.83. The van der Waals surface area contributed by atoms with E-state index < -0.39 is 0 Å². The van der Waals surface area contributed by atoms with Gasteiger partial charge in [-0.15, -0.1) is 0 Å². The molecule has 1 heterocycles. The van der Waals surface area contributed by atoms with Crippen molar-refractivity contribution in [2.24, 2.45) is 5.73 Å². The van der Waals surface area contributed by atoms with E-state index in [1.165, 1.54) is 11.1 Å². The largest absolute Gasteiger partial charge is 0.496 e. The zero-order valence-electron chi connectivity index (χ0n) is 12.2. The molecule has 0 spiro atoms. The Morgan fingerprint density at radius 1 is 1.37 bits per heavy atom. The average molecular weight is 263 g/mol. The Morgan fingerprint density at radius 3 is 2.58 bits per heavy atom. The van der Waals surface area contributed by atoms with Crippen molar-refractivity contribution in [2.75, 3.05) is 26.9 Å². The van der Waals surface area contributed by atoms with E-state index in [4.69, 9.17) is 15.2 Å². The molecule has 0 bridgehead atoms. The summed E-state index contributed by atoms with van der Waals surface area (Å²) in [5, 5.41) is 0. The zero-order valence-corrected chi connectivity index (χ0v) is 12.2. The van der Waals surface area contributed by atoms with Gasteiger partial charge in [0.15, 0.2) is 0 Å². The molecule has 0 unspecified atom stereocenters. The summed E-state index contributed by atoms with van der Waals surface area (Å²) in [7, 11) is 1.74. The number of nitrogens with two attached hydrogens (primary N) is 1. The molecule has 106 valence electrons. The molecule has 2 rings (SSSR count). The highest BCUT2D eigenvalue weighted by atomic mass is 16.5. The second-order valence-corrected chi connectivity index (χ2v) is 5.78. The van der Waals surface area contributed by atoms with Gasteiger partial charge in [-0.3, -0.25) is 0 Å². The Balaban J connectivity index is 2.37. The molecule has 1 aromatic carbocycles. The second-order valence-electron chi connectivity index (χ2n) is 5.78. The molecule has 3 heteroatoms. The third-order valence-electron chi connectivity index (χ3n) is 4.08. The molecule has 1 aliphatic rings. The van der Waals surface area contributed by atoms with Crippen LogP contribution in [-0.2, 0) is 10.2 Å². The molecule has 0 aliphatic carbocycles. The van der Waals surface area contributed by atoms with Gasteiger partial charge in [0.1, 0.15) is 5.75 Å². The maximum absolute atomic E-state index is 5.67. The highest BCUT2D eigenvalue weighted by molar-refractivity contribution is 5.44. The van der Waals surface area contributed by atoms with E-state index in [9.17, 15) is 0 Å². The van der Waals surface area contributed by atoms with Crippen molar-refractivity contribution in [3.8, 4) is 5.75 Å². The van der Waals surface area contributed by atoms with Crippen LogP contribution >= 0.6 is 0 Å². The first kappa shape index (κ1) is 14.4. The summed E-state index contributed by atoms with van der Waals surface area (Å²) >= 11 is 0. The van der Waals surface area contributed by atoms with Crippen LogP contribution in [-0.4, -0.2) is 26.9 Å². The number of benzene rings is 1. The standard InChI is InChI=1S/C16H25NO2/c1-12(2)13-5-6-15(18-3)14(9-13)16(7-4-8-17)10-19-11-16/h5-6,9,12H,4,7-8,10-11,17H2,1-3H3. The topological polar surface area (TPSA) is 44.5 Å². The van der Waals surface area contributed by atoms with Gasteiger partial charge in [0.2, 0.25) is 0 Å². The minimum atomic E-state index is 0.107. The maximum atomic E-state index is 5.67. The summed E-state index contributed by atoms with van der Waals surface area (Å²) in [6.07, 6.45) is 2.10. The van der Waals surface area contributed by atoms with Crippen LogP contribution in [0.15, 0.2) is 18.2 Å². The first-order valence-electron chi connectivity index (χ1n) is 7.09. The fourth-order valence-corrected chi connectivity index (χ4v) is 2.72. The van der Waals surface area contributed by atoms with Gasteiger partial charge in [0, 0.05) is 11.0 Å². The van der Waals surface area contributed by atoms with Gasteiger partial charge < -0.3 is 15.2 Å². The van der Waals surface area contributed by atoms with E-state index in [2.05, 4.69) is 32.0 Å². The molecule has 1 fully saturated rings. The summed E-state index contributed by atoms with van der Waals surface area (Å²) in [6.45, 7) is 6.73. The Labute approximate surface area is 116 Å². The summed E-state index contributed by atoms with van der Waals surface area (Å²) in [5.41, 5.74) is 8.42. The number of rotatable bonds is 6. The lowest BCUT2D eigenvalue weighted by Crippen LogP contribution is -2.47. The number of methoxy groups -OCH3 is 1. The molecule has 1 aromatic rings. The third-order valence-corrected chi connectivity index (χ3v) is 4.08. The summed E-state index contributed by atoms with van der Waals surface area (Å²) in [4.78, 5) is 0. The van der Waals surface area contributed by atoms with Gasteiger partial charge in [-0.25, -0.2) is 0 Å². The average Bonchev–Trinajstić information content (AvgIpc) is 2.37. The number of hydrogen-bond acceptors (Lipinski definition) is 3. The molecule has 3 nitrogen and oxygen atoms in total. The SMILES string of the molecule is COc1ccc(C(C)C)cc1C1(CCCN)COC1. The molecule has 2 N–H and O–H groups in total. The quantitative estimate of drug-likeness (QED) is 0.858. The summed E-state index contributed by atoms with van der Waals surface area (Å²) in [6, 6.07) is 6.54. The van der Waals surface area contributed by atoms with Crippen molar-refractivity contribution in [1.29, 1.82) is 0 Å². The first-order valence-corrected chi connectivity index (χ1v) is 7.09. The molecule has 0 saturated carbocycles. The lowest BCUT2D eigenvalue weighted by atomic mass is 9.73. The van der Waals surface area contributed by atoms with Crippen LogP contribution in [0.4, 0.5) is 0 Å². The number of ether oxygens (including phenoxy) is 2. The summed E-state index contributed by atoms with van der Waals surface area (Å²) < 4.78 is 11.0. The van der Waals surface area contributed by atoms with E-state index in [1.54, 1.807) is 7.11 Å². The molecular formula is C16H25NO2. The smallest absolute Gasteiger partial charge is 0.122 e. The van der Waals surface area contributed by atoms with E-state index >= 15 is 0 Å². The van der Waals surface area contributed by atoms with E-state index in [0.29, 0.717) is 5.92 Å². The molecule has 0 amide bonds. The van der Waals surface area contributed by atoms with E-state index in [1.807, 2.05) is 0 Å². The summed E-state index contributed by atoms with van der Waals surface area (Å²) in [5.74, 6) is 1.50. The van der Waals surface area contributed by atoms with Crippen molar-refractivity contribution >= 4 is 0 Å². The molecule has 0 aromatic heterocycles. The fraction of sp³-hybridized carbons (Fsp3) is 0.625. The van der Waals surface area contributed by atoms with Crippen LogP contribution < -0.4 is 10.5 Å². The van der Waals surface area contributed by atoms with E-state index in [-0.39, 0.29) is 5.41 Å².